The lowest BCUT2D eigenvalue weighted by Gasteiger charge is -1.98. The number of aromatic nitrogens is 2. The molecule has 0 saturated carbocycles. The summed E-state index contributed by atoms with van der Waals surface area (Å²) in [6, 6.07) is 9.11. The van der Waals surface area contributed by atoms with Crippen LogP contribution in [0.15, 0.2) is 28.7 Å². The van der Waals surface area contributed by atoms with Gasteiger partial charge in [-0.3, -0.25) is 0 Å². The summed E-state index contributed by atoms with van der Waals surface area (Å²) < 4.78 is 5.54. The average molecular weight is 292 g/mol. The molecule has 1 unspecified atom stereocenters. The molecule has 1 atom stereocenters. The first-order valence-electron chi connectivity index (χ1n) is 5.22. The summed E-state index contributed by atoms with van der Waals surface area (Å²) in [7, 11) is 0. The predicted molar refractivity (Wildman–Crippen MR) is 66.4 cm³/mol. The van der Waals surface area contributed by atoms with Crippen molar-refractivity contribution in [2.24, 2.45) is 0 Å². The molecule has 86 valence electrons. The van der Waals surface area contributed by atoms with Crippen LogP contribution in [0.25, 0.3) is 11.5 Å². The Bertz CT molecular complexity index is 542. The van der Waals surface area contributed by atoms with Crippen LogP contribution >= 0.6 is 15.9 Å². The number of nitriles is 1. The molecule has 2 rings (SSSR count). The summed E-state index contributed by atoms with van der Waals surface area (Å²) in [6.07, 6.45) is 0.884. The van der Waals surface area contributed by atoms with Crippen molar-refractivity contribution in [1.29, 1.82) is 5.26 Å². The van der Waals surface area contributed by atoms with Gasteiger partial charge in [-0.05, 0) is 30.7 Å². The van der Waals surface area contributed by atoms with Gasteiger partial charge >= 0.3 is 0 Å². The van der Waals surface area contributed by atoms with Gasteiger partial charge < -0.3 is 4.42 Å². The standard InChI is InChI=1S/C12H10BrN3O/c1-2-10(13)12-16-15-11(17-12)9-5-3-8(7-14)4-6-9/h3-6,10H,2H2,1H3. The van der Waals surface area contributed by atoms with Crippen molar-refractivity contribution < 1.29 is 4.42 Å². The van der Waals surface area contributed by atoms with E-state index in [4.69, 9.17) is 9.68 Å². The van der Waals surface area contributed by atoms with E-state index < -0.39 is 0 Å². The molecule has 1 aromatic heterocycles. The van der Waals surface area contributed by atoms with E-state index in [1.165, 1.54) is 0 Å². The Labute approximate surface area is 107 Å². The normalized spacial score (nSPS) is 12.1. The molecule has 0 amide bonds. The van der Waals surface area contributed by atoms with Gasteiger partial charge in [0.05, 0.1) is 16.5 Å². The van der Waals surface area contributed by atoms with Crippen molar-refractivity contribution in [3.05, 3.63) is 35.7 Å². The van der Waals surface area contributed by atoms with E-state index in [0.29, 0.717) is 17.3 Å². The molecule has 17 heavy (non-hydrogen) atoms. The molecule has 2 aromatic rings. The average Bonchev–Trinajstić information content (AvgIpc) is 2.87. The van der Waals surface area contributed by atoms with Gasteiger partial charge in [0.1, 0.15) is 0 Å². The number of halogens is 1. The van der Waals surface area contributed by atoms with E-state index in [-0.39, 0.29) is 4.83 Å². The van der Waals surface area contributed by atoms with Crippen LogP contribution in [0.1, 0.15) is 29.6 Å². The summed E-state index contributed by atoms with van der Waals surface area (Å²) in [4.78, 5) is 0.0853. The Balaban J connectivity index is 2.28. The van der Waals surface area contributed by atoms with Crippen LogP contribution in [0.2, 0.25) is 0 Å². The lowest BCUT2D eigenvalue weighted by atomic mass is 10.1. The van der Waals surface area contributed by atoms with Crippen molar-refractivity contribution in [3.63, 3.8) is 0 Å². The zero-order chi connectivity index (χ0) is 12.3. The zero-order valence-corrected chi connectivity index (χ0v) is 10.8. The monoisotopic (exact) mass is 291 g/mol. The van der Waals surface area contributed by atoms with Gasteiger partial charge in [-0.15, -0.1) is 10.2 Å². The summed E-state index contributed by atoms with van der Waals surface area (Å²) in [5.41, 5.74) is 1.43. The fourth-order valence-electron chi connectivity index (χ4n) is 1.34. The number of benzene rings is 1. The van der Waals surface area contributed by atoms with E-state index in [0.717, 1.165) is 12.0 Å². The Morgan fingerprint density at radius 1 is 1.35 bits per heavy atom. The third-order valence-corrected chi connectivity index (χ3v) is 3.37. The quantitative estimate of drug-likeness (QED) is 0.813. The third-order valence-electron chi connectivity index (χ3n) is 2.33. The molecule has 1 heterocycles. The van der Waals surface area contributed by atoms with Gasteiger partial charge in [-0.2, -0.15) is 5.26 Å². The lowest BCUT2D eigenvalue weighted by molar-refractivity contribution is 0.500. The highest BCUT2D eigenvalue weighted by Gasteiger charge is 2.14. The molecule has 0 bridgehead atoms. The Morgan fingerprint density at radius 2 is 2.06 bits per heavy atom. The van der Waals surface area contributed by atoms with Crippen LogP contribution in [0.3, 0.4) is 0 Å². The summed E-state index contributed by atoms with van der Waals surface area (Å²) in [5, 5.41) is 16.7. The van der Waals surface area contributed by atoms with Crippen LogP contribution in [0, 0.1) is 11.3 Å². The number of nitrogens with zero attached hydrogens (tertiary/aromatic N) is 3. The second kappa shape index (κ2) is 5.11. The van der Waals surface area contributed by atoms with Crippen LogP contribution in [0.5, 0.6) is 0 Å². The maximum absolute atomic E-state index is 8.70. The minimum atomic E-state index is 0.0853. The molecule has 0 aliphatic rings. The Kier molecular flexibility index (Phi) is 3.55. The first-order chi connectivity index (χ1) is 8.24. The van der Waals surface area contributed by atoms with E-state index in [9.17, 15) is 0 Å². The largest absolute Gasteiger partial charge is 0.419 e. The van der Waals surface area contributed by atoms with Crippen LogP contribution in [0.4, 0.5) is 0 Å². The maximum atomic E-state index is 8.70. The molecule has 0 radical (unpaired) electrons. The number of hydrogen-bond acceptors (Lipinski definition) is 4. The minimum Gasteiger partial charge on any atom is -0.419 e. The van der Waals surface area contributed by atoms with Crippen LogP contribution in [-0.2, 0) is 0 Å². The van der Waals surface area contributed by atoms with Gasteiger partial charge in [0.2, 0.25) is 11.8 Å². The van der Waals surface area contributed by atoms with E-state index in [1.54, 1.807) is 24.3 Å². The first kappa shape index (κ1) is 11.8. The van der Waals surface area contributed by atoms with Crippen LogP contribution < -0.4 is 0 Å². The molecule has 1 aromatic carbocycles. The van der Waals surface area contributed by atoms with E-state index in [2.05, 4.69) is 32.2 Å². The molecule has 0 fully saturated rings. The smallest absolute Gasteiger partial charge is 0.247 e. The van der Waals surface area contributed by atoms with Gasteiger partial charge in [-0.1, -0.05) is 22.9 Å². The minimum absolute atomic E-state index is 0.0853. The third kappa shape index (κ3) is 2.53. The second-order valence-electron chi connectivity index (χ2n) is 3.51. The molecular formula is C12H10BrN3O. The summed E-state index contributed by atoms with van der Waals surface area (Å²) in [5.74, 6) is 1.05. The SMILES string of the molecule is CCC(Br)c1nnc(-c2ccc(C#N)cc2)o1. The number of alkyl halides is 1. The van der Waals surface area contributed by atoms with Gasteiger partial charge in [0.25, 0.3) is 0 Å². The topological polar surface area (TPSA) is 62.7 Å². The number of hydrogen-bond donors (Lipinski definition) is 0. The van der Waals surface area contributed by atoms with Crippen LogP contribution in [-0.4, -0.2) is 10.2 Å². The van der Waals surface area contributed by atoms with Crippen molar-refractivity contribution in [1.82, 2.24) is 10.2 Å². The lowest BCUT2D eigenvalue weighted by Crippen LogP contribution is -1.86. The van der Waals surface area contributed by atoms with Crippen molar-refractivity contribution >= 4 is 15.9 Å². The van der Waals surface area contributed by atoms with Crippen molar-refractivity contribution in [3.8, 4) is 17.5 Å². The fourth-order valence-corrected chi connectivity index (χ4v) is 1.52. The highest BCUT2D eigenvalue weighted by molar-refractivity contribution is 9.09. The Hall–Kier alpha value is -1.67. The Morgan fingerprint density at radius 3 is 2.65 bits per heavy atom. The molecule has 0 aliphatic carbocycles. The molecule has 0 aliphatic heterocycles. The van der Waals surface area contributed by atoms with Crippen molar-refractivity contribution in [2.45, 2.75) is 18.2 Å². The molecular weight excluding hydrogens is 282 g/mol. The second-order valence-corrected chi connectivity index (χ2v) is 4.62. The predicted octanol–water partition coefficient (Wildman–Crippen LogP) is 3.45. The molecule has 4 nitrogen and oxygen atoms in total. The van der Waals surface area contributed by atoms with Gasteiger partial charge in [0.15, 0.2) is 0 Å². The summed E-state index contributed by atoms with van der Waals surface area (Å²) >= 11 is 3.45. The van der Waals surface area contributed by atoms with E-state index in [1.807, 2.05) is 6.92 Å². The van der Waals surface area contributed by atoms with Crippen molar-refractivity contribution in [2.75, 3.05) is 0 Å². The molecule has 5 heteroatoms. The maximum Gasteiger partial charge on any atom is 0.247 e. The van der Waals surface area contributed by atoms with Gasteiger partial charge in [-0.25, -0.2) is 0 Å². The molecule has 0 N–H and O–H groups in total. The molecule has 0 saturated heterocycles. The van der Waals surface area contributed by atoms with Gasteiger partial charge in [0, 0.05) is 5.56 Å². The fraction of sp³-hybridized carbons (Fsp3) is 0.250. The van der Waals surface area contributed by atoms with E-state index >= 15 is 0 Å². The highest BCUT2D eigenvalue weighted by atomic mass is 79.9. The highest BCUT2D eigenvalue weighted by Crippen LogP contribution is 2.27. The zero-order valence-electron chi connectivity index (χ0n) is 9.22. The first-order valence-corrected chi connectivity index (χ1v) is 6.14. The number of rotatable bonds is 3. The molecule has 0 spiro atoms. The summed E-state index contributed by atoms with van der Waals surface area (Å²) in [6.45, 7) is 2.03.